The molecule has 0 atom stereocenters. The highest BCUT2D eigenvalue weighted by molar-refractivity contribution is 7.92. The molecule has 3 aromatic rings. The van der Waals surface area contributed by atoms with E-state index in [1.54, 1.807) is 13.1 Å². The van der Waals surface area contributed by atoms with Crippen molar-refractivity contribution in [2.75, 3.05) is 10.5 Å². The van der Waals surface area contributed by atoms with Crippen LogP contribution in [0, 0.1) is 6.92 Å². The smallest absolute Gasteiger partial charge is 0.232 e. The van der Waals surface area contributed by atoms with Gasteiger partial charge in [0, 0.05) is 29.7 Å². The predicted molar refractivity (Wildman–Crippen MR) is 94.0 cm³/mol. The van der Waals surface area contributed by atoms with Gasteiger partial charge in [-0.1, -0.05) is 18.2 Å². The molecule has 0 aliphatic heterocycles. The molecule has 0 fully saturated rings. The second-order valence-corrected chi connectivity index (χ2v) is 7.53. The van der Waals surface area contributed by atoms with E-state index in [1.165, 1.54) is 11.6 Å². The minimum atomic E-state index is -3.31. The van der Waals surface area contributed by atoms with Gasteiger partial charge in [0.2, 0.25) is 10.0 Å². The largest absolute Gasteiger partial charge is 0.343 e. The van der Waals surface area contributed by atoms with Crippen LogP contribution in [0.5, 0.6) is 0 Å². The number of aryl methyl sites for hydroxylation is 2. The van der Waals surface area contributed by atoms with Crippen LogP contribution in [0.3, 0.4) is 0 Å². The first-order chi connectivity index (χ1) is 10.9. The number of para-hydroxylation sites is 1. The summed E-state index contributed by atoms with van der Waals surface area (Å²) in [7, 11) is -1.31. The highest BCUT2D eigenvalue weighted by Crippen LogP contribution is 2.32. The number of hydrogen-bond acceptors (Lipinski definition) is 3. The van der Waals surface area contributed by atoms with Crippen LogP contribution in [-0.4, -0.2) is 23.7 Å². The second kappa shape index (κ2) is 5.70. The summed E-state index contributed by atoms with van der Waals surface area (Å²) in [6, 6.07) is 10.0. The molecule has 1 N–H and O–H groups in total. The summed E-state index contributed by atoms with van der Waals surface area (Å²) in [6.07, 6.45) is 3.28. The van der Waals surface area contributed by atoms with E-state index < -0.39 is 10.0 Å². The van der Waals surface area contributed by atoms with Crippen LogP contribution >= 0.6 is 0 Å². The average molecular weight is 329 g/mol. The maximum atomic E-state index is 11.7. The molecule has 0 amide bonds. The van der Waals surface area contributed by atoms with Crippen LogP contribution < -0.4 is 4.72 Å². The standard InChI is InChI=1S/C17H19N3O2S/c1-4-23(21,22)19-14-9-13(10-18-11-14)17-12(2)15-7-5-6-8-16(15)20(17)3/h5-11,19H,4H2,1-3H3. The van der Waals surface area contributed by atoms with Crippen molar-refractivity contribution in [1.29, 1.82) is 0 Å². The number of anilines is 1. The third kappa shape index (κ3) is 2.82. The Morgan fingerprint density at radius 2 is 1.96 bits per heavy atom. The molecule has 2 heterocycles. The number of hydrogen-bond donors (Lipinski definition) is 1. The monoisotopic (exact) mass is 329 g/mol. The lowest BCUT2D eigenvalue weighted by molar-refractivity contribution is 0.602. The molecule has 6 heteroatoms. The number of aromatic nitrogens is 2. The van der Waals surface area contributed by atoms with Crippen molar-refractivity contribution in [2.45, 2.75) is 13.8 Å². The fourth-order valence-electron chi connectivity index (χ4n) is 2.87. The molecular weight excluding hydrogens is 310 g/mol. The lowest BCUT2D eigenvalue weighted by atomic mass is 10.1. The predicted octanol–water partition coefficient (Wildman–Crippen LogP) is 3.31. The van der Waals surface area contributed by atoms with Crippen LogP contribution in [0.4, 0.5) is 5.69 Å². The summed E-state index contributed by atoms with van der Waals surface area (Å²) in [6.45, 7) is 3.67. The fraction of sp³-hybridized carbons (Fsp3) is 0.235. The van der Waals surface area contributed by atoms with Gasteiger partial charge >= 0.3 is 0 Å². The van der Waals surface area contributed by atoms with Gasteiger partial charge in [0.05, 0.1) is 23.3 Å². The molecule has 23 heavy (non-hydrogen) atoms. The van der Waals surface area contributed by atoms with E-state index in [9.17, 15) is 8.42 Å². The maximum Gasteiger partial charge on any atom is 0.232 e. The van der Waals surface area contributed by atoms with Crippen LogP contribution in [0.15, 0.2) is 42.7 Å². The van der Waals surface area contributed by atoms with Crippen molar-refractivity contribution in [3.05, 3.63) is 48.3 Å². The van der Waals surface area contributed by atoms with Gasteiger partial charge in [0.15, 0.2) is 0 Å². The first-order valence-corrected chi connectivity index (χ1v) is 9.08. The van der Waals surface area contributed by atoms with Gasteiger partial charge in [0.1, 0.15) is 0 Å². The quantitative estimate of drug-likeness (QED) is 0.798. The van der Waals surface area contributed by atoms with E-state index in [4.69, 9.17) is 0 Å². The first kappa shape index (κ1) is 15.6. The van der Waals surface area contributed by atoms with Gasteiger partial charge in [-0.2, -0.15) is 0 Å². The van der Waals surface area contributed by atoms with Gasteiger partial charge in [-0.05, 0) is 31.5 Å². The molecule has 0 unspecified atom stereocenters. The lowest BCUT2D eigenvalue weighted by Crippen LogP contribution is -2.14. The summed E-state index contributed by atoms with van der Waals surface area (Å²) in [5.74, 6) is 0.0320. The molecular formula is C17H19N3O2S. The SMILES string of the molecule is CCS(=O)(=O)Nc1cncc(-c2c(C)c3ccccc3n2C)c1. The van der Waals surface area contributed by atoms with Gasteiger partial charge < -0.3 is 4.57 Å². The Kier molecular flexibility index (Phi) is 3.85. The molecule has 2 aromatic heterocycles. The Morgan fingerprint density at radius 3 is 2.65 bits per heavy atom. The minimum Gasteiger partial charge on any atom is -0.343 e. The Bertz CT molecular complexity index is 936. The van der Waals surface area contributed by atoms with Crippen LogP contribution in [-0.2, 0) is 17.1 Å². The molecule has 0 aliphatic carbocycles. The van der Waals surface area contributed by atoms with E-state index in [0.717, 1.165) is 22.3 Å². The van der Waals surface area contributed by atoms with Crippen LogP contribution in [0.2, 0.25) is 0 Å². The Morgan fingerprint density at radius 1 is 1.22 bits per heavy atom. The number of rotatable bonds is 4. The molecule has 120 valence electrons. The molecule has 0 bridgehead atoms. The van der Waals surface area contributed by atoms with Crippen molar-refractivity contribution >= 4 is 26.6 Å². The minimum absolute atomic E-state index is 0.0320. The van der Waals surface area contributed by atoms with Crippen molar-refractivity contribution < 1.29 is 8.42 Å². The highest BCUT2D eigenvalue weighted by Gasteiger charge is 2.14. The number of fused-ring (bicyclic) bond motifs is 1. The number of benzene rings is 1. The Labute approximate surface area is 136 Å². The third-order valence-corrected chi connectivity index (χ3v) is 5.33. The van der Waals surface area contributed by atoms with E-state index in [1.807, 2.05) is 25.2 Å². The van der Waals surface area contributed by atoms with E-state index in [-0.39, 0.29) is 5.75 Å². The molecule has 0 aliphatic rings. The van der Waals surface area contributed by atoms with Gasteiger partial charge in [-0.15, -0.1) is 0 Å². The molecule has 5 nitrogen and oxygen atoms in total. The second-order valence-electron chi connectivity index (χ2n) is 5.52. The Balaban J connectivity index is 2.13. The van der Waals surface area contributed by atoms with Crippen LogP contribution in [0.1, 0.15) is 12.5 Å². The zero-order chi connectivity index (χ0) is 16.6. The van der Waals surface area contributed by atoms with Crippen molar-refractivity contribution in [2.24, 2.45) is 7.05 Å². The number of nitrogens with one attached hydrogen (secondary N) is 1. The van der Waals surface area contributed by atoms with Crippen molar-refractivity contribution in [3.63, 3.8) is 0 Å². The van der Waals surface area contributed by atoms with Gasteiger partial charge in [0.25, 0.3) is 0 Å². The summed E-state index contributed by atoms with van der Waals surface area (Å²) in [4.78, 5) is 4.19. The lowest BCUT2D eigenvalue weighted by Gasteiger charge is -2.09. The fourth-order valence-corrected chi connectivity index (χ4v) is 3.49. The number of nitrogens with zero attached hydrogens (tertiary/aromatic N) is 2. The summed E-state index contributed by atoms with van der Waals surface area (Å²) < 4.78 is 28.2. The molecule has 0 saturated heterocycles. The highest BCUT2D eigenvalue weighted by atomic mass is 32.2. The summed E-state index contributed by atoms with van der Waals surface area (Å²) in [5, 5.41) is 1.18. The van der Waals surface area contributed by atoms with E-state index in [0.29, 0.717) is 5.69 Å². The first-order valence-electron chi connectivity index (χ1n) is 7.43. The zero-order valence-electron chi connectivity index (χ0n) is 13.4. The molecule has 1 aromatic carbocycles. The number of pyridine rings is 1. The van der Waals surface area contributed by atoms with E-state index >= 15 is 0 Å². The molecule has 0 spiro atoms. The van der Waals surface area contributed by atoms with Crippen LogP contribution in [0.25, 0.3) is 22.2 Å². The molecule has 0 radical (unpaired) electrons. The normalized spacial score (nSPS) is 11.8. The maximum absolute atomic E-state index is 11.7. The topological polar surface area (TPSA) is 64.0 Å². The third-order valence-electron chi connectivity index (χ3n) is 4.03. The Hall–Kier alpha value is -2.34. The van der Waals surface area contributed by atoms with Gasteiger partial charge in [-0.25, -0.2) is 8.42 Å². The zero-order valence-corrected chi connectivity index (χ0v) is 14.2. The van der Waals surface area contributed by atoms with Crippen molar-refractivity contribution in [3.8, 4) is 11.3 Å². The number of sulfonamides is 1. The summed E-state index contributed by atoms with van der Waals surface area (Å²) >= 11 is 0. The molecule has 3 rings (SSSR count). The van der Waals surface area contributed by atoms with E-state index in [2.05, 4.69) is 33.3 Å². The van der Waals surface area contributed by atoms with Gasteiger partial charge in [-0.3, -0.25) is 9.71 Å². The van der Waals surface area contributed by atoms with Crippen molar-refractivity contribution in [1.82, 2.24) is 9.55 Å². The summed E-state index contributed by atoms with van der Waals surface area (Å²) in [5.41, 5.74) is 4.70. The average Bonchev–Trinajstić information content (AvgIpc) is 2.79. The molecule has 0 saturated carbocycles.